The van der Waals surface area contributed by atoms with Gasteiger partial charge in [-0.2, -0.15) is 5.26 Å². The average molecular weight is 260 g/mol. The maximum Gasteiger partial charge on any atom is 0.289 e. The Labute approximate surface area is 111 Å². The van der Waals surface area contributed by atoms with Crippen LogP contribution in [0.15, 0.2) is 18.2 Å². The predicted molar refractivity (Wildman–Crippen MR) is 71.9 cm³/mol. The molecule has 1 aromatic carbocycles. The molecule has 100 valence electrons. The standard InChI is InChI=1S/C13H16N4O2/c1-9-6-12(4-5-15-9)16-11-3-2-10(8-14)13(7-11)17(18)19/h2-3,7,9,12,15-16H,4-6H2,1H3. The number of benzene rings is 1. The highest BCUT2D eigenvalue weighted by atomic mass is 16.6. The van der Waals surface area contributed by atoms with Crippen LogP contribution in [0.4, 0.5) is 11.4 Å². The van der Waals surface area contributed by atoms with E-state index in [9.17, 15) is 10.1 Å². The van der Waals surface area contributed by atoms with Gasteiger partial charge in [0, 0.05) is 23.8 Å². The molecule has 1 fully saturated rings. The molecule has 1 aliphatic heterocycles. The fraction of sp³-hybridized carbons (Fsp3) is 0.462. The van der Waals surface area contributed by atoms with Crippen molar-refractivity contribution in [3.05, 3.63) is 33.9 Å². The molecular weight excluding hydrogens is 244 g/mol. The van der Waals surface area contributed by atoms with Gasteiger partial charge >= 0.3 is 0 Å². The molecule has 2 N–H and O–H groups in total. The van der Waals surface area contributed by atoms with Gasteiger partial charge in [0.2, 0.25) is 0 Å². The van der Waals surface area contributed by atoms with Crippen LogP contribution in [0.25, 0.3) is 0 Å². The SMILES string of the molecule is CC1CC(Nc2ccc(C#N)c([N+](=O)[O-])c2)CCN1. The molecule has 0 aromatic heterocycles. The number of anilines is 1. The molecular formula is C13H16N4O2. The van der Waals surface area contributed by atoms with Gasteiger partial charge in [0.15, 0.2) is 0 Å². The number of nitrogens with zero attached hydrogens (tertiary/aromatic N) is 2. The average Bonchev–Trinajstić information content (AvgIpc) is 2.38. The van der Waals surface area contributed by atoms with Gasteiger partial charge < -0.3 is 10.6 Å². The molecule has 0 saturated carbocycles. The second kappa shape index (κ2) is 5.67. The largest absolute Gasteiger partial charge is 0.382 e. The van der Waals surface area contributed by atoms with Crippen LogP contribution in [0.5, 0.6) is 0 Å². The lowest BCUT2D eigenvalue weighted by Gasteiger charge is -2.29. The Hall–Kier alpha value is -2.13. The van der Waals surface area contributed by atoms with Gasteiger partial charge in [-0.3, -0.25) is 10.1 Å². The zero-order valence-electron chi connectivity index (χ0n) is 10.7. The van der Waals surface area contributed by atoms with Gasteiger partial charge in [-0.1, -0.05) is 0 Å². The summed E-state index contributed by atoms with van der Waals surface area (Å²) in [5.41, 5.74) is 0.647. The fourth-order valence-electron chi connectivity index (χ4n) is 2.37. The first-order chi connectivity index (χ1) is 9.10. The Morgan fingerprint density at radius 3 is 3.00 bits per heavy atom. The number of nitrogens with one attached hydrogen (secondary N) is 2. The number of nitro benzene ring substituents is 1. The van der Waals surface area contributed by atoms with E-state index in [0.29, 0.717) is 17.8 Å². The second-order valence-corrected chi connectivity index (χ2v) is 4.82. The summed E-state index contributed by atoms with van der Waals surface area (Å²) < 4.78 is 0. The van der Waals surface area contributed by atoms with E-state index in [1.165, 1.54) is 12.1 Å². The van der Waals surface area contributed by atoms with Crippen molar-refractivity contribution in [1.29, 1.82) is 5.26 Å². The lowest BCUT2D eigenvalue weighted by atomic mass is 10.00. The Morgan fingerprint density at radius 1 is 1.58 bits per heavy atom. The highest BCUT2D eigenvalue weighted by Crippen LogP contribution is 2.24. The van der Waals surface area contributed by atoms with Crippen molar-refractivity contribution >= 4 is 11.4 Å². The van der Waals surface area contributed by atoms with E-state index < -0.39 is 4.92 Å². The van der Waals surface area contributed by atoms with Gasteiger partial charge in [-0.15, -0.1) is 0 Å². The van der Waals surface area contributed by atoms with Gasteiger partial charge in [-0.05, 0) is 38.4 Å². The summed E-state index contributed by atoms with van der Waals surface area (Å²) in [6, 6.07) is 7.24. The predicted octanol–water partition coefficient (Wildman–Crippen LogP) is 2.02. The van der Waals surface area contributed by atoms with E-state index >= 15 is 0 Å². The van der Waals surface area contributed by atoms with E-state index in [1.807, 2.05) is 6.07 Å². The van der Waals surface area contributed by atoms with Gasteiger partial charge in [0.1, 0.15) is 11.6 Å². The van der Waals surface area contributed by atoms with Crippen LogP contribution in [0.2, 0.25) is 0 Å². The van der Waals surface area contributed by atoms with Crippen LogP contribution >= 0.6 is 0 Å². The summed E-state index contributed by atoms with van der Waals surface area (Å²) in [5, 5.41) is 26.4. The zero-order valence-corrected chi connectivity index (χ0v) is 10.7. The smallest absolute Gasteiger partial charge is 0.289 e. The molecule has 2 atom stereocenters. The Balaban J connectivity index is 2.15. The molecule has 0 aliphatic carbocycles. The van der Waals surface area contributed by atoms with Crippen molar-refractivity contribution in [3.63, 3.8) is 0 Å². The Kier molecular flexibility index (Phi) is 3.97. The number of hydrogen-bond donors (Lipinski definition) is 2. The monoisotopic (exact) mass is 260 g/mol. The lowest BCUT2D eigenvalue weighted by Crippen LogP contribution is -2.41. The van der Waals surface area contributed by atoms with Crippen LogP contribution in [-0.4, -0.2) is 23.6 Å². The highest BCUT2D eigenvalue weighted by Gasteiger charge is 2.20. The molecule has 6 heteroatoms. The minimum Gasteiger partial charge on any atom is -0.382 e. The van der Waals surface area contributed by atoms with E-state index in [-0.39, 0.29) is 11.3 Å². The number of rotatable bonds is 3. The van der Waals surface area contributed by atoms with Crippen LogP contribution in [0.3, 0.4) is 0 Å². The summed E-state index contributed by atoms with van der Waals surface area (Å²) in [5.74, 6) is 0. The molecule has 2 unspecified atom stereocenters. The first kappa shape index (κ1) is 13.3. The third-order valence-corrected chi connectivity index (χ3v) is 3.31. The van der Waals surface area contributed by atoms with Crippen molar-refractivity contribution in [2.24, 2.45) is 0 Å². The summed E-state index contributed by atoms with van der Waals surface area (Å²) in [7, 11) is 0. The minimum atomic E-state index is -0.519. The first-order valence-corrected chi connectivity index (χ1v) is 6.28. The molecule has 0 amide bonds. The quantitative estimate of drug-likeness (QED) is 0.641. The maximum absolute atomic E-state index is 10.9. The van der Waals surface area contributed by atoms with Crippen molar-refractivity contribution in [3.8, 4) is 6.07 Å². The van der Waals surface area contributed by atoms with Crippen LogP contribution in [0.1, 0.15) is 25.3 Å². The molecule has 1 aliphatic rings. The highest BCUT2D eigenvalue weighted by molar-refractivity contribution is 5.59. The van der Waals surface area contributed by atoms with E-state index in [0.717, 1.165) is 19.4 Å². The van der Waals surface area contributed by atoms with E-state index in [2.05, 4.69) is 17.6 Å². The van der Waals surface area contributed by atoms with E-state index in [1.54, 1.807) is 6.07 Å². The third kappa shape index (κ3) is 3.20. The molecule has 6 nitrogen and oxygen atoms in total. The normalized spacial score (nSPS) is 22.5. The van der Waals surface area contributed by atoms with Gasteiger partial charge in [0.05, 0.1) is 4.92 Å². The summed E-state index contributed by atoms with van der Waals surface area (Å²) in [4.78, 5) is 10.4. The molecule has 1 saturated heterocycles. The lowest BCUT2D eigenvalue weighted by molar-refractivity contribution is -0.385. The van der Waals surface area contributed by atoms with Crippen molar-refractivity contribution in [2.45, 2.75) is 31.8 Å². The summed E-state index contributed by atoms with van der Waals surface area (Å²) >= 11 is 0. The summed E-state index contributed by atoms with van der Waals surface area (Å²) in [6.07, 6.45) is 1.96. The van der Waals surface area contributed by atoms with Crippen molar-refractivity contribution < 1.29 is 4.92 Å². The van der Waals surface area contributed by atoms with Crippen LogP contribution in [0, 0.1) is 21.4 Å². The third-order valence-electron chi connectivity index (χ3n) is 3.31. The van der Waals surface area contributed by atoms with E-state index in [4.69, 9.17) is 5.26 Å². The number of nitriles is 1. The van der Waals surface area contributed by atoms with Crippen LogP contribution < -0.4 is 10.6 Å². The summed E-state index contributed by atoms with van der Waals surface area (Å²) in [6.45, 7) is 3.06. The minimum absolute atomic E-state index is 0.0919. The van der Waals surface area contributed by atoms with Gasteiger partial charge in [0.25, 0.3) is 5.69 Å². The molecule has 0 bridgehead atoms. The topological polar surface area (TPSA) is 91.0 Å². The van der Waals surface area contributed by atoms with Gasteiger partial charge in [-0.25, -0.2) is 0 Å². The number of piperidine rings is 1. The molecule has 0 radical (unpaired) electrons. The molecule has 2 rings (SSSR count). The molecule has 1 heterocycles. The van der Waals surface area contributed by atoms with Crippen molar-refractivity contribution in [2.75, 3.05) is 11.9 Å². The Morgan fingerprint density at radius 2 is 2.37 bits per heavy atom. The fourth-order valence-corrected chi connectivity index (χ4v) is 2.37. The molecule has 19 heavy (non-hydrogen) atoms. The number of nitro groups is 1. The maximum atomic E-state index is 10.9. The zero-order chi connectivity index (χ0) is 13.8. The first-order valence-electron chi connectivity index (χ1n) is 6.28. The Bertz CT molecular complexity index is 524. The molecule has 1 aromatic rings. The second-order valence-electron chi connectivity index (χ2n) is 4.82. The van der Waals surface area contributed by atoms with Crippen LogP contribution in [-0.2, 0) is 0 Å². The number of hydrogen-bond acceptors (Lipinski definition) is 5. The van der Waals surface area contributed by atoms with Crippen molar-refractivity contribution in [1.82, 2.24) is 5.32 Å². The molecule has 0 spiro atoms.